The Labute approximate surface area is 147 Å². The SMILES string of the molecule is CCC(=O)N1Cc2nn(-c3ccc(C)c(C)c3)c(-n3cccc3)c2C1. The Kier molecular flexibility index (Phi) is 3.71. The van der Waals surface area contributed by atoms with Gasteiger partial charge in [0.15, 0.2) is 0 Å². The smallest absolute Gasteiger partial charge is 0.222 e. The van der Waals surface area contributed by atoms with Gasteiger partial charge in [-0.2, -0.15) is 5.10 Å². The molecule has 25 heavy (non-hydrogen) atoms. The van der Waals surface area contributed by atoms with E-state index in [1.54, 1.807) is 0 Å². The number of aryl methyl sites for hydroxylation is 2. The predicted octanol–water partition coefficient (Wildman–Crippen LogP) is 3.53. The molecule has 2 aromatic heterocycles. The maximum Gasteiger partial charge on any atom is 0.222 e. The first-order chi connectivity index (χ1) is 12.1. The number of hydrogen-bond donors (Lipinski definition) is 0. The average Bonchev–Trinajstić information content (AvgIpc) is 3.31. The van der Waals surface area contributed by atoms with Gasteiger partial charge < -0.3 is 9.47 Å². The van der Waals surface area contributed by atoms with Crippen molar-refractivity contribution >= 4 is 5.91 Å². The second-order valence-corrected chi connectivity index (χ2v) is 6.62. The normalized spacial score (nSPS) is 13.3. The fourth-order valence-corrected chi connectivity index (χ4v) is 3.38. The summed E-state index contributed by atoms with van der Waals surface area (Å²) in [5.74, 6) is 1.20. The zero-order chi connectivity index (χ0) is 17.6. The third kappa shape index (κ3) is 2.56. The van der Waals surface area contributed by atoms with Gasteiger partial charge in [-0.1, -0.05) is 13.0 Å². The summed E-state index contributed by atoms with van der Waals surface area (Å²) in [6.07, 6.45) is 4.58. The fraction of sp³-hybridized carbons (Fsp3) is 0.300. The summed E-state index contributed by atoms with van der Waals surface area (Å²) in [6.45, 7) is 7.35. The highest BCUT2D eigenvalue weighted by Crippen LogP contribution is 2.31. The van der Waals surface area contributed by atoms with Gasteiger partial charge in [-0.3, -0.25) is 4.79 Å². The third-order valence-electron chi connectivity index (χ3n) is 4.97. The summed E-state index contributed by atoms with van der Waals surface area (Å²) in [4.78, 5) is 14.0. The summed E-state index contributed by atoms with van der Waals surface area (Å²) in [5.41, 5.74) is 5.69. The molecule has 0 radical (unpaired) electrons. The van der Waals surface area contributed by atoms with E-state index in [-0.39, 0.29) is 5.91 Å². The molecule has 128 valence electrons. The molecule has 0 atom stereocenters. The van der Waals surface area contributed by atoms with Crippen LogP contribution in [-0.4, -0.2) is 25.2 Å². The quantitative estimate of drug-likeness (QED) is 0.735. The maximum atomic E-state index is 12.1. The van der Waals surface area contributed by atoms with Gasteiger partial charge in [0.1, 0.15) is 5.82 Å². The number of fused-ring (bicyclic) bond motifs is 1. The molecule has 5 heteroatoms. The number of carbonyl (C=O) groups is 1. The average molecular weight is 334 g/mol. The Hall–Kier alpha value is -2.82. The third-order valence-corrected chi connectivity index (χ3v) is 4.97. The van der Waals surface area contributed by atoms with Crippen LogP contribution in [0, 0.1) is 13.8 Å². The molecule has 0 unspecified atom stereocenters. The molecular formula is C20H22N4O. The first kappa shape index (κ1) is 15.7. The largest absolute Gasteiger partial charge is 0.332 e. The van der Waals surface area contributed by atoms with Crippen LogP contribution in [0.3, 0.4) is 0 Å². The number of aromatic nitrogens is 3. The standard InChI is InChI=1S/C20H22N4O/c1-4-19(25)23-12-17-18(13-23)21-24(20(17)22-9-5-6-10-22)16-8-7-14(2)15(3)11-16/h5-11H,4,12-13H2,1-3H3. The molecule has 1 aliphatic heterocycles. The molecule has 0 saturated carbocycles. The molecule has 0 saturated heterocycles. The monoisotopic (exact) mass is 334 g/mol. The molecule has 0 aliphatic carbocycles. The molecule has 3 aromatic rings. The van der Waals surface area contributed by atoms with Crippen molar-refractivity contribution in [1.29, 1.82) is 0 Å². The predicted molar refractivity (Wildman–Crippen MR) is 96.9 cm³/mol. The van der Waals surface area contributed by atoms with Crippen LogP contribution in [-0.2, 0) is 17.9 Å². The van der Waals surface area contributed by atoms with Crippen LogP contribution < -0.4 is 0 Å². The minimum atomic E-state index is 0.175. The van der Waals surface area contributed by atoms with E-state index in [0.717, 1.165) is 22.8 Å². The lowest BCUT2D eigenvalue weighted by atomic mass is 10.1. The fourth-order valence-electron chi connectivity index (χ4n) is 3.38. The van der Waals surface area contributed by atoms with E-state index >= 15 is 0 Å². The number of hydrogen-bond acceptors (Lipinski definition) is 2. The van der Waals surface area contributed by atoms with Gasteiger partial charge in [0.05, 0.1) is 24.5 Å². The lowest BCUT2D eigenvalue weighted by Crippen LogP contribution is -2.25. The van der Waals surface area contributed by atoms with Crippen LogP contribution in [0.5, 0.6) is 0 Å². The van der Waals surface area contributed by atoms with Crippen molar-refractivity contribution in [3.05, 3.63) is 65.1 Å². The van der Waals surface area contributed by atoms with Crippen LogP contribution in [0.1, 0.15) is 35.7 Å². The van der Waals surface area contributed by atoms with E-state index in [2.05, 4.69) is 36.6 Å². The van der Waals surface area contributed by atoms with Gasteiger partial charge in [0, 0.05) is 24.4 Å². The summed E-state index contributed by atoms with van der Waals surface area (Å²) >= 11 is 0. The Balaban J connectivity index is 1.85. The van der Waals surface area contributed by atoms with Crippen molar-refractivity contribution in [1.82, 2.24) is 19.2 Å². The molecular weight excluding hydrogens is 312 g/mol. The number of carbonyl (C=O) groups excluding carboxylic acids is 1. The highest BCUT2D eigenvalue weighted by Gasteiger charge is 2.30. The van der Waals surface area contributed by atoms with E-state index < -0.39 is 0 Å². The van der Waals surface area contributed by atoms with Crippen molar-refractivity contribution in [2.45, 2.75) is 40.3 Å². The zero-order valence-corrected chi connectivity index (χ0v) is 14.9. The molecule has 4 rings (SSSR count). The van der Waals surface area contributed by atoms with Gasteiger partial charge in [-0.05, 0) is 49.2 Å². The lowest BCUT2D eigenvalue weighted by Gasteiger charge is -2.17. The second-order valence-electron chi connectivity index (χ2n) is 6.62. The Morgan fingerprint density at radius 2 is 1.88 bits per heavy atom. The van der Waals surface area contributed by atoms with Crippen LogP contribution >= 0.6 is 0 Å². The molecule has 0 N–H and O–H groups in total. The highest BCUT2D eigenvalue weighted by molar-refractivity contribution is 5.76. The van der Waals surface area contributed by atoms with Crippen molar-refractivity contribution in [2.75, 3.05) is 0 Å². The van der Waals surface area contributed by atoms with Crippen LogP contribution in [0.4, 0.5) is 0 Å². The van der Waals surface area contributed by atoms with Gasteiger partial charge in [-0.15, -0.1) is 0 Å². The van der Waals surface area contributed by atoms with E-state index in [4.69, 9.17) is 5.10 Å². The first-order valence-electron chi connectivity index (χ1n) is 8.68. The lowest BCUT2D eigenvalue weighted by molar-refractivity contribution is -0.131. The van der Waals surface area contributed by atoms with Gasteiger partial charge in [-0.25, -0.2) is 4.68 Å². The molecule has 0 spiro atoms. The van der Waals surface area contributed by atoms with Crippen LogP contribution in [0.2, 0.25) is 0 Å². The molecule has 1 aliphatic rings. The van der Waals surface area contributed by atoms with Crippen molar-refractivity contribution in [2.24, 2.45) is 0 Å². The van der Waals surface area contributed by atoms with Gasteiger partial charge >= 0.3 is 0 Å². The molecule has 0 fully saturated rings. The number of rotatable bonds is 3. The Bertz CT molecular complexity index is 937. The number of nitrogens with zero attached hydrogens (tertiary/aromatic N) is 4. The summed E-state index contributed by atoms with van der Waals surface area (Å²) in [6, 6.07) is 10.4. The topological polar surface area (TPSA) is 43.1 Å². The minimum Gasteiger partial charge on any atom is -0.332 e. The maximum absolute atomic E-state index is 12.1. The summed E-state index contributed by atoms with van der Waals surface area (Å²) in [7, 11) is 0. The highest BCUT2D eigenvalue weighted by atomic mass is 16.2. The van der Waals surface area contributed by atoms with Crippen molar-refractivity contribution in [3.8, 4) is 11.5 Å². The Morgan fingerprint density at radius 1 is 1.12 bits per heavy atom. The van der Waals surface area contributed by atoms with E-state index in [1.165, 1.54) is 11.1 Å². The van der Waals surface area contributed by atoms with Crippen molar-refractivity contribution < 1.29 is 4.79 Å². The number of benzene rings is 1. The molecule has 5 nitrogen and oxygen atoms in total. The molecule has 1 aromatic carbocycles. The molecule has 3 heterocycles. The van der Waals surface area contributed by atoms with Crippen molar-refractivity contribution in [3.63, 3.8) is 0 Å². The van der Waals surface area contributed by atoms with Gasteiger partial charge in [0.25, 0.3) is 0 Å². The van der Waals surface area contributed by atoms with Gasteiger partial charge in [0.2, 0.25) is 5.91 Å². The van der Waals surface area contributed by atoms with Crippen LogP contribution in [0.25, 0.3) is 11.5 Å². The molecule has 0 bridgehead atoms. The summed E-state index contributed by atoms with van der Waals surface area (Å²) in [5, 5.41) is 4.86. The van der Waals surface area contributed by atoms with E-state index in [9.17, 15) is 4.79 Å². The summed E-state index contributed by atoms with van der Waals surface area (Å²) < 4.78 is 4.09. The van der Waals surface area contributed by atoms with Crippen LogP contribution in [0.15, 0.2) is 42.7 Å². The first-order valence-corrected chi connectivity index (χ1v) is 8.68. The zero-order valence-electron chi connectivity index (χ0n) is 14.9. The Morgan fingerprint density at radius 3 is 2.56 bits per heavy atom. The van der Waals surface area contributed by atoms with E-state index in [1.807, 2.05) is 41.0 Å². The minimum absolute atomic E-state index is 0.175. The number of amides is 1. The van der Waals surface area contributed by atoms with E-state index in [0.29, 0.717) is 19.5 Å². The second kappa shape index (κ2) is 5.92. The molecule has 1 amide bonds.